The van der Waals surface area contributed by atoms with Crippen LogP contribution in [0.5, 0.6) is 0 Å². The van der Waals surface area contributed by atoms with Crippen LogP contribution < -0.4 is 0 Å². The van der Waals surface area contributed by atoms with Gasteiger partial charge in [0.2, 0.25) is 0 Å². The first-order valence-corrected chi connectivity index (χ1v) is 24.5. The van der Waals surface area contributed by atoms with Crippen LogP contribution in [0.15, 0.2) is 89.4 Å². The predicted molar refractivity (Wildman–Crippen MR) is 222 cm³/mol. The van der Waals surface area contributed by atoms with Crippen LogP contribution in [0.4, 0.5) is 0 Å². The molecule has 2 aliphatic rings. The van der Waals surface area contributed by atoms with E-state index in [9.17, 15) is 26.4 Å². The molecule has 0 fully saturated rings. The molecule has 0 saturated carbocycles. The minimum Gasteiger partial charge on any atom is -0.291 e. The van der Waals surface area contributed by atoms with Crippen molar-refractivity contribution in [1.29, 1.82) is 0 Å². The highest BCUT2D eigenvalue weighted by Gasteiger charge is 2.32. The molecule has 12 nitrogen and oxygen atoms in total. The number of pyridine rings is 2. The van der Waals surface area contributed by atoms with E-state index in [2.05, 4.69) is 30.4 Å². The van der Waals surface area contributed by atoms with Gasteiger partial charge in [-0.15, -0.1) is 20.4 Å². The minimum atomic E-state index is -3.29. The maximum atomic E-state index is 12.6. The maximum absolute atomic E-state index is 12.6. The van der Waals surface area contributed by atoms with E-state index < -0.39 is 19.7 Å². The first kappa shape index (κ1) is 42.1. The first-order valence-electron chi connectivity index (χ1n) is 16.4. The Morgan fingerprint density at radius 3 is 1.67 bits per heavy atom. The van der Waals surface area contributed by atoms with Crippen LogP contribution in [0.2, 0.25) is 20.1 Å². The fourth-order valence-corrected chi connectivity index (χ4v) is 14.1. The second-order valence-corrected chi connectivity index (χ2v) is 22.8. The van der Waals surface area contributed by atoms with Crippen molar-refractivity contribution in [3.63, 3.8) is 0 Å². The number of nitrogens with zero attached hydrogens (tertiary/aromatic N) is 6. The summed E-state index contributed by atoms with van der Waals surface area (Å²) in [7, 11) is -6.52. The minimum absolute atomic E-state index is 0.0330. The van der Waals surface area contributed by atoms with Gasteiger partial charge in [0.1, 0.15) is 0 Å². The van der Waals surface area contributed by atoms with Gasteiger partial charge in [0.05, 0.1) is 51.2 Å². The van der Waals surface area contributed by atoms with Crippen LogP contribution in [0, 0.1) is 0 Å². The fourth-order valence-electron chi connectivity index (χ4n) is 5.85. The normalized spacial score (nSPS) is 16.1. The Bertz CT molecular complexity index is 2760. The summed E-state index contributed by atoms with van der Waals surface area (Å²) in [5.74, 6) is -0.265. The van der Waals surface area contributed by atoms with Gasteiger partial charge in [-0.1, -0.05) is 124 Å². The Morgan fingerprint density at radius 2 is 1.16 bits per heavy atom. The van der Waals surface area contributed by atoms with E-state index in [0.29, 0.717) is 65.9 Å². The van der Waals surface area contributed by atoms with Crippen molar-refractivity contribution < 1.29 is 26.4 Å². The number of Topliss-reactive ketones (excluding diaryl/α,β-unsaturated/α-hetero) is 2. The van der Waals surface area contributed by atoms with Gasteiger partial charge in [0.15, 0.2) is 49.9 Å². The lowest BCUT2D eigenvalue weighted by Crippen LogP contribution is -2.05. The van der Waals surface area contributed by atoms with Crippen LogP contribution in [0.1, 0.15) is 54.7 Å². The number of halogens is 4. The molecule has 4 aromatic heterocycles. The van der Waals surface area contributed by atoms with E-state index in [1.54, 1.807) is 36.4 Å². The average Bonchev–Trinajstić information content (AvgIpc) is 3.94. The average molecular weight is 959 g/mol. The van der Waals surface area contributed by atoms with E-state index in [4.69, 9.17) is 46.4 Å². The molecule has 0 saturated heterocycles. The summed E-state index contributed by atoms with van der Waals surface area (Å²) >= 11 is 29.1. The van der Waals surface area contributed by atoms with E-state index >= 15 is 0 Å². The number of rotatable bonds is 10. The lowest BCUT2D eigenvalue weighted by molar-refractivity contribution is 0.0983. The summed E-state index contributed by atoms with van der Waals surface area (Å²) < 4.78 is 49.7. The third-order valence-electron chi connectivity index (χ3n) is 8.54. The Balaban J connectivity index is 0.000000174. The summed E-state index contributed by atoms with van der Waals surface area (Å²) in [6.07, 6.45) is 6.53. The quantitative estimate of drug-likeness (QED) is 0.119. The molecule has 0 amide bonds. The number of fused-ring (bicyclic) bond motifs is 2. The molecule has 6 aromatic rings. The van der Waals surface area contributed by atoms with E-state index in [1.807, 2.05) is 6.92 Å². The van der Waals surface area contributed by atoms with Gasteiger partial charge in [0, 0.05) is 37.6 Å². The highest BCUT2D eigenvalue weighted by molar-refractivity contribution is 8.01. The van der Waals surface area contributed by atoms with Crippen molar-refractivity contribution >= 4 is 124 Å². The van der Waals surface area contributed by atoms with Crippen molar-refractivity contribution in [3.05, 3.63) is 114 Å². The van der Waals surface area contributed by atoms with Crippen LogP contribution in [0.25, 0.3) is 0 Å². The molecule has 1 unspecified atom stereocenters. The zero-order chi connectivity index (χ0) is 40.6. The van der Waals surface area contributed by atoms with E-state index in [1.165, 1.54) is 48.3 Å². The summed E-state index contributed by atoms with van der Waals surface area (Å²) in [6.45, 7) is 1.88. The number of sulfone groups is 2. The third kappa shape index (κ3) is 9.56. The standard InChI is InChI=1S/C18H13Cl2N3O3S3.C17H11Cl2N3O3S3/c1-9-8-29(25,26)15-5-10(2-3-11(9)15)4-14(24)17-22-23-18(28-17)27-16-12(19)6-21-7-13(16)20;18-11-7-20-8-12(19)15(11)26-17-22-21-16(27-17)13(23)5-9-1-2-10-3-4-28(24,25)14(10)6-9/h2-3,5-7,9H,4,8H2,1H3;1-2,6-8H,3-5H2. The summed E-state index contributed by atoms with van der Waals surface area (Å²) in [5, 5.41) is 18.0. The van der Waals surface area contributed by atoms with Crippen LogP contribution in [-0.2, 0) is 38.9 Å². The summed E-state index contributed by atoms with van der Waals surface area (Å²) in [6, 6.07) is 10.3. The summed E-state index contributed by atoms with van der Waals surface area (Å²) in [4.78, 5) is 34.8. The summed E-state index contributed by atoms with van der Waals surface area (Å²) in [5.41, 5.74) is 2.88. The highest BCUT2D eigenvalue weighted by atomic mass is 35.5. The van der Waals surface area contributed by atoms with Crippen LogP contribution in [0.3, 0.4) is 0 Å². The molecule has 2 aromatic carbocycles. The number of hydrogen-bond acceptors (Lipinski definition) is 16. The number of aromatic nitrogens is 6. The van der Waals surface area contributed by atoms with Gasteiger partial charge in [-0.2, -0.15) is 0 Å². The fraction of sp³-hybridized carbons (Fsp3) is 0.200. The lowest BCUT2D eigenvalue weighted by Gasteiger charge is -2.04. The van der Waals surface area contributed by atoms with Crippen molar-refractivity contribution in [2.75, 3.05) is 11.5 Å². The zero-order valence-corrected chi connectivity index (χ0v) is 36.9. The van der Waals surface area contributed by atoms with Crippen molar-refractivity contribution in [3.8, 4) is 0 Å². The largest absolute Gasteiger partial charge is 0.291 e. The molecule has 6 heterocycles. The zero-order valence-electron chi connectivity index (χ0n) is 29.0. The topological polar surface area (TPSA) is 180 Å². The molecule has 57 heavy (non-hydrogen) atoms. The Morgan fingerprint density at radius 1 is 0.684 bits per heavy atom. The second-order valence-electron chi connectivity index (χ2n) is 12.6. The number of carbonyl (C=O) groups excluding carboxylic acids is 2. The van der Waals surface area contributed by atoms with E-state index in [-0.39, 0.29) is 51.8 Å². The smallest absolute Gasteiger partial charge is 0.197 e. The van der Waals surface area contributed by atoms with Crippen molar-refractivity contribution in [1.82, 2.24) is 30.4 Å². The molecule has 0 radical (unpaired) electrons. The Kier molecular flexibility index (Phi) is 12.8. The molecule has 8 rings (SSSR count). The molecule has 0 aliphatic carbocycles. The van der Waals surface area contributed by atoms with Gasteiger partial charge in [0.25, 0.3) is 0 Å². The first-order chi connectivity index (χ1) is 27.1. The number of aryl methyl sites for hydroxylation is 1. The molecule has 0 spiro atoms. The number of benzene rings is 2. The van der Waals surface area contributed by atoms with Gasteiger partial charge in [-0.25, -0.2) is 16.8 Å². The van der Waals surface area contributed by atoms with Crippen molar-refractivity contribution in [2.24, 2.45) is 0 Å². The lowest BCUT2D eigenvalue weighted by atomic mass is 10.0. The highest BCUT2D eigenvalue weighted by Crippen LogP contribution is 2.41. The molecule has 1 atom stereocenters. The molecule has 0 N–H and O–H groups in total. The van der Waals surface area contributed by atoms with Gasteiger partial charge < -0.3 is 0 Å². The van der Waals surface area contributed by atoms with Gasteiger partial charge in [-0.3, -0.25) is 19.6 Å². The molecule has 0 bridgehead atoms. The van der Waals surface area contributed by atoms with Gasteiger partial charge >= 0.3 is 0 Å². The molecular formula is C35H24Cl4N6O6S6. The number of ketones is 2. The number of carbonyl (C=O) groups is 2. The molecule has 294 valence electrons. The second kappa shape index (κ2) is 17.3. The predicted octanol–water partition coefficient (Wildman–Crippen LogP) is 8.85. The third-order valence-corrected chi connectivity index (χ3v) is 18.2. The molecular weight excluding hydrogens is 935 g/mol. The SMILES string of the molecule is CC1CS(=O)(=O)c2cc(CC(=O)c3nnc(Sc4c(Cl)cncc4Cl)s3)ccc21.O=C(Cc1ccc2c(c1)S(=O)(=O)CC2)c1nnc(Sc2c(Cl)cncc2Cl)s1. The molecule has 22 heteroatoms. The monoisotopic (exact) mass is 956 g/mol. The number of hydrogen-bond donors (Lipinski definition) is 0. The Hall–Kier alpha value is -3.04. The van der Waals surface area contributed by atoms with E-state index in [0.717, 1.165) is 33.8 Å². The molecule has 2 aliphatic heterocycles. The van der Waals surface area contributed by atoms with Gasteiger partial charge in [-0.05, 0) is 46.7 Å². The van der Waals surface area contributed by atoms with Crippen LogP contribution in [-0.4, -0.2) is 70.3 Å². The van der Waals surface area contributed by atoms with Crippen molar-refractivity contribution in [2.45, 2.75) is 60.4 Å². The van der Waals surface area contributed by atoms with Crippen LogP contribution >= 0.6 is 92.6 Å². The Labute approximate surface area is 363 Å². The maximum Gasteiger partial charge on any atom is 0.197 e.